The van der Waals surface area contributed by atoms with Gasteiger partial charge >= 0.3 is 6.03 Å². The van der Waals surface area contributed by atoms with Crippen molar-refractivity contribution in [3.63, 3.8) is 0 Å². The van der Waals surface area contributed by atoms with E-state index in [4.69, 9.17) is 16.3 Å². The van der Waals surface area contributed by atoms with Crippen LogP contribution in [0.5, 0.6) is 5.75 Å². The zero-order valence-corrected chi connectivity index (χ0v) is 13.5. The molecule has 1 aromatic carbocycles. The van der Waals surface area contributed by atoms with Crippen LogP contribution in [0.25, 0.3) is 0 Å². The van der Waals surface area contributed by atoms with Crippen LogP contribution in [0.15, 0.2) is 12.1 Å². The maximum atomic E-state index is 11.7. The van der Waals surface area contributed by atoms with Gasteiger partial charge in [-0.25, -0.2) is 4.79 Å². The predicted molar refractivity (Wildman–Crippen MR) is 82.5 cm³/mol. The highest BCUT2D eigenvalue weighted by Crippen LogP contribution is 2.28. The summed E-state index contributed by atoms with van der Waals surface area (Å²) >= 11 is 6.15. The van der Waals surface area contributed by atoms with E-state index in [2.05, 4.69) is 10.6 Å². The summed E-state index contributed by atoms with van der Waals surface area (Å²) in [7, 11) is 0. The Morgan fingerprint density at radius 2 is 2.00 bits per heavy atom. The van der Waals surface area contributed by atoms with Gasteiger partial charge in [-0.1, -0.05) is 11.6 Å². The third-order valence-electron chi connectivity index (χ3n) is 2.62. The molecule has 0 heterocycles. The Balaban J connectivity index is 2.69. The predicted octanol–water partition coefficient (Wildman–Crippen LogP) is 3.64. The molecule has 4 nitrogen and oxygen atoms in total. The van der Waals surface area contributed by atoms with Crippen molar-refractivity contribution < 1.29 is 9.53 Å². The number of aryl methyl sites for hydroxylation is 1. The van der Waals surface area contributed by atoms with Crippen LogP contribution in [0, 0.1) is 6.92 Å². The summed E-state index contributed by atoms with van der Waals surface area (Å²) in [6.45, 7) is 10.7. The Labute approximate surface area is 125 Å². The fraction of sp³-hybridized carbons (Fsp3) is 0.533. The summed E-state index contributed by atoms with van der Waals surface area (Å²) in [6.07, 6.45) is 0. The minimum absolute atomic E-state index is 0.193. The van der Waals surface area contributed by atoms with Gasteiger partial charge in [-0.2, -0.15) is 0 Å². The molecule has 2 amide bonds. The van der Waals surface area contributed by atoms with Crippen LogP contribution in [0.2, 0.25) is 5.02 Å². The molecule has 20 heavy (non-hydrogen) atoms. The number of ether oxygens (including phenoxy) is 1. The minimum atomic E-state index is -0.254. The van der Waals surface area contributed by atoms with E-state index in [1.165, 1.54) is 0 Å². The molecule has 2 N–H and O–H groups in total. The van der Waals surface area contributed by atoms with E-state index in [-0.39, 0.29) is 11.6 Å². The van der Waals surface area contributed by atoms with Crippen LogP contribution in [0.3, 0.4) is 0 Å². The molecule has 0 spiro atoms. The molecule has 0 saturated carbocycles. The highest BCUT2D eigenvalue weighted by Gasteiger charge is 2.14. The highest BCUT2D eigenvalue weighted by molar-refractivity contribution is 6.32. The normalized spacial score (nSPS) is 11.1. The summed E-state index contributed by atoms with van der Waals surface area (Å²) in [5.74, 6) is 0.676. The molecule has 0 aliphatic carbocycles. The molecule has 0 aromatic heterocycles. The van der Waals surface area contributed by atoms with Gasteiger partial charge in [-0.05, 0) is 57.9 Å². The van der Waals surface area contributed by atoms with Gasteiger partial charge in [0.2, 0.25) is 0 Å². The lowest BCUT2D eigenvalue weighted by Gasteiger charge is -2.21. The van der Waals surface area contributed by atoms with E-state index >= 15 is 0 Å². The third kappa shape index (κ3) is 5.29. The number of halogens is 1. The van der Waals surface area contributed by atoms with Gasteiger partial charge in [0.25, 0.3) is 0 Å². The Kier molecular flexibility index (Phi) is 5.69. The molecule has 0 aliphatic rings. The SMILES string of the molecule is CCOc1cc(C)c(CNC(=O)NC(C)(C)C)cc1Cl. The van der Waals surface area contributed by atoms with Crippen molar-refractivity contribution in [2.24, 2.45) is 0 Å². The maximum Gasteiger partial charge on any atom is 0.315 e. The molecule has 1 rings (SSSR count). The highest BCUT2D eigenvalue weighted by atomic mass is 35.5. The molecular weight excluding hydrogens is 276 g/mol. The summed E-state index contributed by atoms with van der Waals surface area (Å²) in [4.78, 5) is 11.7. The van der Waals surface area contributed by atoms with E-state index < -0.39 is 0 Å². The zero-order valence-electron chi connectivity index (χ0n) is 12.8. The van der Waals surface area contributed by atoms with Gasteiger partial charge in [0.1, 0.15) is 5.75 Å². The van der Waals surface area contributed by atoms with Crippen molar-refractivity contribution in [2.45, 2.75) is 46.7 Å². The van der Waals surface area contributed by atoms with E-state index in [0.717, 1.165) is 11.1 Å². The number of nitrogens with one attached hydrogen (secondary N) is 2. The van der Waals surface area contributed by atoms with Crippen molar-refractivity contribution in [1.82, 2.24) is 10.6 Å². The lowest BCUT2D eigenvalue weighted by molar-refractivity contribution is 0.231. The standard InChI is InChI=1S/C15H23ClN2O2/c1-6-20-13-7-10(2)11(8-12(13)16)9-17-14(19)18-15(3,4)5/h7-8H,6,9H2,1-5H3,(H2,17,18,19). The van der Waals surface area contributed by atoms with Crippen LogP contribution in [-0.4, -0.2) is 18.2 Å². The first kappa shape index (κ1) is 16.6. The van der Waals surface area contributed by atoms with E-state index in [0.29, 0.717) is 23.9 Å². The number of carbonyl (C=O) groups is 1. The second kappa shape index (κ2) is 6.84. The molecule has 5 heteroatoms. The van der Waals surface area contributed by atoms with Gasteiger partial charge in [0, 0.05) is 12.1 Å². The van der Waals surface area contributed by atoms with Crippen LogP contribution < -0.4 is 15.4 Å². The number of amides is 2. The van der Waals surface area contributed by atoms with Crippen molar-refractivity contribution in [3.05, 3.63) is 28.3 Å². The largest absolute Gasteiger partial charge is 0.492 e. The van der Waals surface area contributed by atoms with E-state index in [1.807, 2.05) is 46.8 Å². The Morgan fingerprint density at radius 3 is 2.55 bits per heavy atom. The minimum Gasteiger partial charge on any atom is -0.492 e. The molecule has 0 radical (unpaired) electrons. The lowest BCUT2D eigenvalue weighted by Crippen LogP contribution is -2.46. The fourth-order valence-electron chi connectivity index (χ4n) is 1.71. The average molecular weight is 299 g/mol. The third-order valence-corrected chi connectivity index (χ3v) is 2.91. The number of urea groups is 1. The van der Waals surface area contributed by atoms with Gasteiger partial charge in [0.05, 0.1) is 11.6 Å². The Morgan fingerprint density at radius 1 is 1.35 bits per heavy atom. The zero-order chi connectivity index (χ0) is 15.3. The average Bonchev–Trinajstić information content (AvgIpc) is 2.30. The summed E-state index contributed by atoms with van der Waals surface area (Å²) in [6, 6.07) is 3.53. The number of carbonyl (C=O) groups excluding carboxylic acids is 1. The van der Waals surface area contributed by atoms with Gasteiger partial charge < -0.3 is 15.4 Å². The second-order valence-corrected chi connectivity index (χ2v) is 6.11. The van der Waals surface area contributed by atoms with Crippen molar-refractivity contribution in [2.75, 3.05) is 6.61 Å². The topological polar surface area (TPSA) is 50.4 Å². The maximum absolute atomic E-state index is 11.7. The Bertz CT molecular complexity index is 481. The van der Waals surface area contributed by atoms with Gasteiger partial charge in [0.15, 0.2) is 0 Å². The quantitative estimate of drug-likeness (QED) is 0.891. The molecule has 0 saturated heterocycles. The van der Waals surface area contributed by atoms with E-state index in [1.54, 1.807) is 0 Å². The molecular formula is C15H23ClN2O2. The number of hydrogen-bond acceptors (Lipinski definition) is 2. The van der Waals surface area contributed by atoms with Gasteiger partial charge in [-0.15, -0.1) is 0 Å². The second-order valence-electron chi connectivity index (χ2n) is 5.70. The van der Waals surface area contributed by atoms with Crippen LogP contribution in [-0.2, 0) is 6.54 Å². The molecule has 112 valence electrons. The number of hydrogen-bond donors (Lipinski definition) is 2. The Hall–Kier alpha value is -1.42. The molecule has 0 fully saturated rings. The summed E-state index contributed by atoms with van der Waals surface area (Å²) in [5, 5.41) is 6.23. The van der Waals surface area contributed by atoms with Crippen molar-refractivity contribution in [3.8, 4) is 5.75 Å². The number of benzene rings is 1. The molecule has 0 bridgehead atoms. The molecule has 0 aliphatic heterocycles. The van der Waals surface area contributed by atoms with Gasteiger partial charge in [-0.3, -0.25) is 0 Å². The fourth-order valence-corrected chi connectivity index (χ4v) is 1.95. The summed E-state index contributed by atoms with van der Waals surface area (Å²) < 4.78 is 5.43. The molecule has 1 aromatic rings. The first-order valence-corrected chi connectivity index (χ1v) is 7.08. The number of rotatable bonds is 4. The van der Waals surface area contributed by atoms with Crippen LogP contribution >= 0.6 is 11.6 Å². The van der Waals surface area contributed by atoms with Crippen LogP contribution in [0.1, 0.15) is 38.8 Å². The van der Waals surface area contributed by atoms with Crippen molar-refractivity contribution >= 4 is 17.6 Å². The first-order chi connectivity index (χ1) is 9.23. The van der Waals surface area contributed by atoms with Crippen molar-refractivity contribution in [1.29, 1.82) is 0 Å². The molecule has 0 atom stereocenters. The summed E-state index contributed by atoms with van der Waals surface area (Å²) in [5.41, 5.74) is 1.76. The lowest BCUT2D eigenvalue weighted by atomic mass is 10.1. The van der Waals surface area contributed by atoms with E-state index in [9.17, 15) is 4.79 Å². The smallest absolute Gasteiger partial charge is 0.315 e. The first-order valence-electron chi connectivity index (χ1n) is 6.70. The molecule has 0 unspecified atom stereocenters. The monoisotopic (exact) mass is 298 g/mol. The van der Waals surface area contributed by atoms with Crippen LogP contribution in [0.4, 0.5) is 4.79 Å².